The van der Waals surface area contributed by atoms with E-state index in [9.17, 15) is 9.59 Å². The number of thiazole rings is 1. The number of esters is 1. The van der Waals surface area contributed by atoms with Gasteiger partial charge in [0.25, 0.3) is 5.91 Å². The third kappa shape index (κ3) is 3.27. The van der Waals surface area contributed by atoms with E-state index >= 15 is 0 Å². The van der Waals surface area contributed by atoms with E-state index in [4.69, 9.17) is 4.74 Å². The predicted molar refractivity (Wildman–Crippen MR) is 88.2 cm³/mol. The lowest BCUT2D eigenvalue weighted by atomic mass is 10.0. The molecule has 0 bridgehead atoms. The Morgan fingerprint density at radius 3 is 2.78 bits per heavy atom. The van der Waals surface area contributed by atoms with Crippen molar-refractivity contribution in [2.24, 2.45) is 0 Å². The molecule has 120 valence electrons. The van der Waals surface area contributed by atoms with Crippen molar-refractivity contribution in [1.29, 1.82) is 0 Å². The van der Waals surface area contributed by atoms with Gasteiger partial charge in [0.1, 0.15) is 16.7 Å². The number of rotatable bonds is 3. The number of piperidine rings is 1. The van der Waals surface area contributed by atoms with Gasteiger partial charge in [0, 0.05) is 17.5 Å². The highest BCUT2D eigenvalue weighted by Crippen LogP contribution is 2.26. The molecule has 1 atom stereocenters. The fourth-order valence-corrected chi connectivity index (χ4v) is 3.59. The summed E-state index contributed by atoms with van der Waals surface area (Å²) in [6, 6.07) is 9.25. The number of likely N-dealkylation sites (tertiary alicyclic amines) is 1. The lowest BCUT2D eigenvalue weighted by Gasteiger charge is -2.33. The number of hydrogen-bond acceptors (Lipinski definition) is 5. The van der Waals surface area contributed by atoms with E-state index in [0.717, 1.165) is 23.4 Å². The van der Waals surface area contributed by atoms with E-state index in [-0.39, 0.29) is 11.9 Å². The van der Waals surface area contributed by atoms with Gasteiger partial charge in [0.2, 0.25) is 0 Å². The summed E-state index contributed by atoms with van der Waals surface area (Å²) in [6.45, 7) is 0.566. The monoisotopic (exact) mass is 330 g/mol. The number of methoxy groups -OCH3 is 1. The molecule has 23 heavy (non-hydrogen) atoms. The molecule has 5 nitrogen and oxygen atoms in total. The predicted octanol–water partition coefficient (Wildman–Crippen LogP) is 2.98. The first-order valence-electron chi connectivity index (χ1n) is 7.60. The largest absolute Gasteiger partial charge is 0.467 e. The molecule has 1 aliphatic rings. The number of ether oxygens (including phenoxy) is 1. The van der Waals surface area contributed by atoms with Crippen molar-refractivity contribution in [2.75, 3.05) is 13.7 Å². The van der Waals surface area contributed by atoms with Crippen LogP contribution in [-0.4, -0.2) is 41.5 Å². The fraction of sp³-hybridized carbons (Fsp3) is 0.353. The van der Waals surface area contributed by atoms with Crippen LogP contribution in [0.2, 0.25) is 0 Å². The zero-order chi connectivity index (χ0) is 16.2. The van der Waals surface area contributed by atoms with Crippen LogP contribution >= 0.6 is 11.3 Å². The molecule has 0 radical (unpaired) electrons. The van der Waals surface area contributed by atoms with E-state index in [1.54, 1.807) is 10.3 Å². The van der Waals surface area contributed by atoms with Crippen LogP contribution in [0.25, 0.3) is 10.6 Å². The van der Waals surface area contributed by atoms with Gasteiger partial charge in [-0.15, -0.1) is 11.3 Å². The molecule has 3 rings (SSSR count). The Bertz CT molecular complexity index is 699. The standard InChI is InChI=1S/C17H18N2O3S/c1-22-17(21)14-9-5-6-10-19(14)16(20)13-11-23-15(18-13)12-7-3-2-4-8-12/h2-4,7-8,11,14H,5-6,9-10H2,1H3. The molecule has 0 spiro atoms. The number of amides is 1. The first-order chi connectivity index (χ1) is 11.2. The molecule has 0 N–H and O–H groups in total. The van der Waals surface area contributed by atoms with E-state index in [2.05, 4.69) is 4.98 Å². The summed E-state index contributed by atoms with van der Waals surface area (Å²) >= 11 is 1.44. The Kier molecular flexibility index (Phi) is 4.71. The van der Waals surface area contributed by atoms with Gasteiger partial charge >= 0.3 is 5.97 Å². The van der Waals surface area contributed by atoms with Crippen LogP contribution in [0.1, 0.15) is 29.8 Å². The molecule has 1 saturated heterocycles. The Morgan fingerprint density at radius 2 is 2.04 bits per heavy atom. The second-order valence-corrected chi connectivity index (χ2v) is 6.30. The van der Waals surface area contributed by atoms with Gasteiger partial charge in [-0.3, -0.25) is 4.79 Å². The number of benzene rings is 1. The summed E-state index contributed by atoms with van der Waals surface area (Å²) in [7, 11) is 1.36. The van der Waals surface area contributed by atoms with Crippen LogP contribution < -0.4 is 0 Å². The summed E-state index contributed by atoms with van der Waals surface area (Å²) < 4.78 is 4.83. The van der Waals surface area contributed by atoms with Crippen LogP contribution in [0.15, 0.2) is 35.7 Å². The number of hydrogen-bond donors (Lipinski definition) is 0. The maximum absolute atomic E-state index is 12.7. The minimum Gasteiger partial charge on any atom is -0.467 e. The van der Waals surface area contributed by atoms with Crippen molar-refractivity contribution < 1.29 is 14.3 Å². The SMILES string of the molecule is COC(=O)C1CCCCN1C(=O)c1csc(-c2ccccc2)n1. The minimum absolute atomic E-state index is 0.196. The molecule has 1 unspecified atom stereocenters. The molecule has 1 fully saturated rings. The van der Waals surface area contributed by atoms with Gasteiger partial charge in [-0.2, -0.15) is 0 Å². The molecule has 1 amide bonds. The van der Waals surface area contributed by atoms with Crippen molar-refractivity contribution in [2.45, 2.75) is 25.3 Å². The third-order valence-corrected chi connectivity index (χ3v) is 4.87. The molecule has 2 heterocycles. The van der Waals surface area contributed by atoms with Gasteiger partial charge in [-0.05, 0) is 19.3 Å². The van der Waals surface area contributed by atoms with Crippen LogP contribution in [0, 0.1) is 0 Å². The maximum atomic E-state index is 12.7. The normalized spacial score (nSPS) is 17.8. The summed E-state index contributed by atoms with van der Waals surface area (Å²) in [5.41, 5.74) is 1.38. The van der Waals surface area contributed by atoms with Crippen molar-refractivity contribution in [3.63, 3.8) is 0 Å². The minimum atomic E-state index is -0.497. The molecule has 1 aliphatic heterocycles. The average Bonchev–Trinajstić information content (AvgIpc) is 3.11. The van der Waals surface area contributed by atoms with Gasteiger partial charge in [-0.1, -0.05) is 30.3 Å². The average molecular weight is 330 g/mol. The topological polar surface area (TPSA) is 59.5 Å². The molecular formula is C17H18N2O3S. The Hall–Kier alpha value is -2.21. The molecule has 0 saturated carbocycles. The highest BCUT2D eigenvalue weighted by atomic mass is 32.1. The second kappa shape index (κ2) is 6.91. The number of carbonyl (C=O) groups is 2. The summed E-state index contributed by atoms with van der Waals surface area (Å²) in [6.07, 6.45) is 2.47. The van der Waals surface area contributed by atoms with Gasteiger partial charge in [0.05, 0.1) is 7.11 Å². The van der Waals surface area contributed by atoms with Gasteiger partial charge < -0.3 is 9.64 Å². The van der Waals surface area contributed by atoms with Crippen LogP contribution in [0.4, 0.5) is 0 Å². The van der Waals surface area contributed by atoms with E-state index in [0.29, 0.717) is 18.7 Å². The zero-order valence-electron chi connectivity index (χ0n) is 12.9. The molecule has 2 aromatic rings. The van der Waals surface area contributed by atoms with E-state index < -0.39 is 6.04 Å². The number of nitrogens with zero attached hydrogens (tertiary/aromatic N) is 2. The summed E-state index contributed by atoms with van der Waals surface area (Å²) in [5, 5.41) is 2.56. The number of aromatic nitrogens is 1. The van der Waals surface area contributed by atoms with E-state index in [1.165, 1.54) is 18.4 Å². The van der Waals surface area contributed by atoms with Gasteiger partial charge in [0.15, 0.2) is 0 Å². The molecule has 1 aromatic heterocycles. The number of carbonyl (C=O) groups excluding carboxylic acids is 2. The van der Waals surface area contributed by atoms with Crippen molar-refractivity contribution in [1.82, 2.24) is 9.88 Å². The van der Waals surface area contributed by atoms with Crippen molar-refractivity contribution in [3.8, 4) is 10.6 Å². The van der Waals surface area contributed by atoms with Crippen LogP contribution in [0.3, 0.4) is 0 Å². The Labute approximate surface area is 138 Å². The molecular weight excluding hydrogens is 312 g/mol. The lowest BCUT2D eigenvalue weighted by Crippen LogP contribution is -2.48. The van der Waals surface area contributed by atoms with Gasteiger partial charge in [-0.25, -0.2) is 9.78 Å². The Morgan fingerprint density at radius 1 is 1.26 bits per heavy atom. The van der Waals surface area contributed by atoms with Crippen molar-refractivity contribution in [3.05, 3.63) is 41.4 Å². The van der Waals surface area contributed by atoms with Crippen LogP contribution in [-0.2, 0) is 9.53 Å². The molecule has 0 aliphatic carbocycles. The summed E-state index contributed by atoms with van der Waals surface area (Å²) in [5.74, 6) is -0.546. The maximum Gasteiger partial charge on any atom is 0.328 e. The van der Waals surface area contributed by atoms with Crippen LogP contribution in [0.5, 0.6) is 0 Å². The first kappa shape index (κ1) is 15.7. The quantitative estimate of drug-likeness (QED) is 0.812. The molecule has 6 heteroatoms. The lowest BCUT2D eigenvalue weighted by molar-refractivity contribution is -0.147. The fourth-order valence-electron chi connectivity index (χ4n) is 2.79. The Balaban J connectivity index is 1.82. The smallest absolute Gasteiger partial charge is 0.328 e. The zero-order valence-corrected chi connectivity index (χ0v) is 13.7. The third-order valence-electron chi connectivity index (χ3n) is 3.98. The first-order valence-corrected chi connectivity index (χ1v) is 8.48. The molecule has 1 aromatic carbocycles. The highest BCUT2D eigenvalue weighted by Gasteiger charge is 2.34. The van der Waals surface area contributed by atoms with E-state index in [1.807, 2.05) is 30.3 Å². The second-order valence-electron chi connectivity index (χ2n) is 5.44. The summed E-state index contributed by atoms with van der Waals surface area (Å²) in [4.78, 5) is 30.7. The highest BCUT2D eigenvalue weighted by molar-refractivity contribution is 7.13. The van der Waals surface area contributed by atoms with Crippen molar-refractivity contribution >= 4 is 23.2 Å².